The van der Waals surface area contributed by atoms with E-state index >= 15 is 0 Å². The van der Waals surface area contributed by atoms with Crippen LogP contribution in [-0.4, -0.2) is 27.3 Å². The number of nitrogens with one attached hydrogen (secondary N) is 2. The summed E-state index contributed by atoms with van der Waals surface area (Å²) < 4.78 is 0. The number of aliphatic hydroxyl groups is 1. The van der Waals surface area contributed by atoms with E-state index in [9.17, 15) is 9.90 Å². The van der Waals surface area contributed by atoms with Crippen LogP contribution in [0.2, 0.25) is 5.02 Å². The molecule has 2 aliphatic carbocycles. The number of aromatic amines is 1. The standard InChI is InChI=1S/C17H20ClN3O2/c1-9(22)20-13-2-10-6-17(23,7-11(10)3-13)15-4-12(18)5-16-14(15)8-19-21-16/h4-5,8,10-11,13,23H,2-3,6-7H2,1H3,(H,19,21)(H,20,22)/t10-,11+,13-,17+. The number of carbonyl (C=O) groups is 1. The van der Waals surface area contributed by atoms with E-state index in [1.807, 2.05) is 12.1 Å². The van der Waals surface area contributed by atoms with Gasteiger partial charge in [-0.25, -0.2) is 0 Å². The number of H-pyrrole nitrogens is 1. The molecule has 2 fully saturated rings. The van der Waals surface area contributed by atoms with Gasteiger partial charge in [-0.1, -0.05) is 11.6 Å². The minimum absolute atomic E-state index is 0.0279. The molecule has 4 atom stereocenters. The second kappa shape index (κ2) is 5.21. The van der Waals surface area contributed by atoms with Gasteiger partial charge < -0.3 is 10.4 Å². The first-order valence-electron chi connectivity index (χ1n) is 8.07. The summed E-state index contributed by atoms with van der Waals surface area (Å²) in [7, 11) is 0. The van der Waals surface area contributed by atoms with Gasteiger partial charge in [-0.3, -0.25) is 9.89 Å². The first-order chi connectivity index (χ1) is 10.9. The Morgan fingerprint density at radius 3 is 2.74 bits per heavy atom. The Balaban J connectivity index is 1.62. The van der Waals surface area contributed by atoms with E-state index in [4.69, 9.17) is 11.6 Å². The summed E-state index contributed by atoms with van der Waals surface area (Å²) in [6, 6.07) is 3.95. The molecule has 1 heterocycles. The molecule has 122 valence electrons. The van der Waals surface area contributed by atoms with E-state index in [1.165, 1.54) is 0 Å². The van der Waals surface area contributed by atoms with Gasteiger partial charge in [-0.05, 0) is 55.2 Å². The number of halogens is 1. The molecule has 0 spiro atoms. The zero-order valence-electron chi connectivity index (χ0n) is 13.0. The zero-order valence-corrected chi connectivity index (χ0v) is 13.7. The summed E-state index contributed by atoms with van der Waals surface area (Å²) in [5.74, 6) is 0.913. The van der Waals surface area contributed by atoms with Crippen molar-refractivity contribution in [3.8, 4) is 0 Å². The van der Waals surface area contributed by atoms with Gasteiger partial charge in [0.05, 0.1) is 17.3 Å². The maximum absolute atomic E-state index is 11.3. The maximum Gasteiger partial charge on any atom is 0.217 e. The number of carbonyl (C=O) groups excluding carboxylic acids is 1. The minimum atomic E-state index is -0.858. The van der Waals surface area contributed by atoms with E-state index in [0.29, 0.717) is 29.7 Å². The van der Waals surface area contributed by atoms with Crippen molar-refractivity contribution in [2.45, 2.75) is 44.2 Å². The molecule has 6 heteroatoms. The van der Waals surface area contributed by atoms with E-state index < -0.39 is 5.60 Å². The van der Waals surface area contributed by atoms with Crippen LogP contribution in [-0.2, 0) is 10.4 Å². The molecule has 0 saturated heterocycles. The van der Waals surface area contributed by atoms with Crippen LogP contribution in [0.3, 0.4) is 0 Å². The lowest BCUT2D eigenvalue weighted by Gasteiger charge is -2.26. The highest BCUT2D eigenvalue weighted by Gasteiger charge is 2.50. The van der Waals surface area contributed by atoms with Crippen molar-refractivity contribution in [1.82, 2.24) is 15.5 Å². The number of hydrogen-bond donors (Lipinski definition) is 3. The van der Waals surface area contributed by atoms with Gasteiger partial charge >= 0.3 is 0 Å². The molecule has 0 bridgehead atoms. The lowest BCUT2D eigenvalue weighted by Crippen LogP contribution is -2.32. The number of fused-ring (bicyclic) bond motifs is 2. The number of hydrogen-bond acceptors (Lipinski definition) is 3. The molecule has 1 aromatic heterocycles. The van der Waals surface area contributed by atoms with Crippen LogP contribution in [0.1, 0.15) is 38.2 Å². The maximum atomic E-state index is 11.3. The predicted molar refractivity (Wildman–Crippen MR) is 88.1 cm³/mol. The summed E-state index contributed by atoms with van der Waals surface area (Å²) in [5.41, 5.74) is 0.872. The Hall–Kier alpha value is -1.59. The summed E-state index contributed by atoms with van der Waals surface area (Å²) in [6.45, 7) is 1.56. The predicted octanol–water partition coefficient (Wildman–Crippen LogP) is 2.73. The van der Waals surface area contributed by atoms with Gasteiger partial charge in [0.1, 0.15) is 0 Å². The molecule has 1 aromatic carbocycles. The van der Waals surface area contributed by atoms with Gasteiger partial charge in [0.2, 0.25) is 5.91 Å². The Kier molecular flexibility index (Phi) is 3.39. The number of benzene rings is 1. The number of rotatable bonds is 2. The molecule has 3 N–H and O–H groups in total. The summed E-state index contributed by atoms with van der Waals surface area (Å²) in [5, 5.41) is 22.9. The van der Waals surface area contributed by atoms with Crippen molar-refractivity contribution in [2.75, 3.05) is 0 Å². The molecule has 2 aromatic rings. The summed E-state index contributed by atoms with van der Waals surface area (Å²) in [4.78, 5) is 11.2. The monoisotopic (exact) mass is 333 g/mol. The van der Waals surface area contributed by atoms with Gasteiger partial charge in [0, 0.05) is 23.4 Å². The van der Waals surface area contributed by atoms with Crippen LogP contribution in [0.25, 0.3) is 10.9 Å². The van der Waals surface area contributed by atoms with E-state index in [1.54, 1.807) is 13.1 Å². The third-order valence-electron chi connectivity index (χ3n) is 5.47. The van der Waals surface area contributed by atoms with E-state index in [-0.39, 0.29) is 11.9 Å². The fraction of sp³-hybridized carbons (Fsp3) is 0.529. The summed E-state index contributed by atoms with van der Waals surface area (Å²) in [6.07, 6.45) is 5.08. The fourth-order valence-corrected chi connectivity index (χ4v) is 4.91. The Labute approximate surface area is 139 Å². The van der Waals surface area contributed by atoms with Crippen LogP contribution >= 0.6 is 11.6 Å². The van der Waals surface area contributed by atoms with Crippen molar-refractivity contribution >= 4 is 28.4 Å². The van der Waals surface area contributed by atoms with Crippen molar-refractivity contribution in [2.24, 2.45) is 11.8 Å². The first kappa shape index (κ1) is 15.0. The molecular weight excluding hydrogens is 314 g/mol. The quantitative estimate of drug-likeness (QED) is 0.790. The largest absolute Gasteiger partial charge is 0.385 e. The van der Waals surface area contributed by atoms with Gasteiger partial charge in [-0.2, -0.15) is 5.10 Å². The average Bonchev–Trinajstić information content (AvgIpc) is 3.10. The third kappa shape index (κ3) is 2.52. The van der Waals surface area contributed by atoms with Crippen LogP contribution in [0.4, 0.5) is 0 Å². The zero-order chi connectivity index (χ0) is 16.2. The minimum Gasteiger partial charge on any atom is -0.385 e. The Morgan fingerprint density at radius 2 is 2.09 bits per heavy atom. The van der Waals surface area contributed by atoms with Gasteiger partial charge in [0.25, 0.3) is 0 Å². The number of aromatic nitrogens is 2. The number of amides is 1. The average molecular weight is 334 g/mol. The lowest BCUT2D eigenvalue weighted by atomic mass is 9.87. The highest BCUT2D eigenvalue weighted by Crippen LogP contribution is 2.54. The summed E-state index contributed by atoms with van der Waals surface area (Å²) >= 11 is 6.22. The highest BCUT2D eigenvalue weighted by atomic mass is 35.5. The second-order valence-corrected chi connectivity index (χ2v) is 7.55. The molecule has 4 rings (SSSR count). The highest BCUT2D eigenvalue weighted by molar-refractivity contribution is 6.31. The van der Waals surface area contributed by atoms with Crippen molar-refractivity contribution < 1.29 is 9.90 Å². The molecule has 0 aliphatic heterocycles. The Morgan fingerprint density at radius 1 is 1.39 bits per heavy atom. The van der Waals surface area contributed by atoms with Gasteiger partial charge in [0.15, 0.2) is 0 Å². The van der Waals surface area contributed by atoms with Crippen molar-refractivity contribution in [1.29, 1.82) is 0 Å². The molecule has 2 aliphatic rings. The lowest BCUT2D eigenvalue weighted by molar-refractivity contribution is -0.119. The molecule has 1 amide bonds. The van der Waals surface area contributed by atoms with E-state index in [0.717, 1.165) is 29.3 Å². The second-order valence-electron chi connectivity index (χ2n) is 7.11. The normalized spacial score (nSPS) is 33.1. The van der Waals surface area contributed by atoms with Crippen LogP contribution in [0, 0.1) is 11.8 Å². The van der Waals surface area contributed by atoms with Crippen LogP contribution in [0.5, 0.6) is 0 Å². The van der Waals surface area contributed by atoms with Crippen molar-refractivity contribution in [3.63, 3.8) is 0 Å². The SMILES string of the molecule is CC(=O)N[C@@H]1C[C@@H]2C[C@@](O)(c3cc(Cl)cc4[nH]ncc34)C[C@@H]2C1. The van der Waals surface area contributed by atoms with Gasteiger partial charge in [-0.15, -0.1) is 0 Å². The van der Waals surface area contributed by atoms with Crippen molar-refractivity contribution in [3.05, 3.63) is 28.9 Å². The third-order valence-corrected chi connectivity index (χ3v) is 5.69. The Bertz CT molecular complexity index is 758. The van der Waals surface area contributed by atoms with E-state index in [2.05, 4.69) is 15.5 Å². The number of nitrogens with zero attached hydrogens (tertiary/aromatic N) is 1. The van der Waals surface area contributed by atoms with Crippen LogP contribution < -0.4 is 5.32 Å². The topological polar surface area (TPSA) is 78.0 Å². The van der Waals surface area contributed by atoms with Crippen LogP contribution in [0.15, 0.2) is 18.3 Å². The first-order valence-corrected chi connectivity index (χ1v) is 8.45. The molecule has 23 heavy (non-hydrogen) atoms. The molecule has 2 saturated carbocycles. The fourth-order valence-electron chi connectivity index (χ4n) is 4.69. The smallest absolute Gasteiger partial charge is 0.217 e. The molecular formula is C17H20ClN3O2. The molecule has 5 nitrogen and oxygen atoms in total. The molecule has 0 radical (unpaired) electrons. The molecule has 0 unspecified atom stereocenters.